The van der Waals surface area contributed by atoms with Gasteiger partial charge in [0.15, 0.2) is 0 Å². The van der Waals surface area contributed by atoms with Crippen LogP contribution in [-0.4, -0.2) is 4.98 Å². The van der Waals surface area contributed by atoms with Gasteiger partial charge in [0.25, 0.3) is 0 Å². The number of halogens is 1. The van der Waals surface area contributed by atoms with Crippen LogP contribution in [0.4, 0.5) is 11.4 Å². The third-order valence-electron chi connectivity index (χ3n) is 2.04. The Hall–Kier alpha value is -2.05. The van der Waals surface area contributed by atoms with Gasteiger partial charge in [-0.2, -0.15) is 5.26 Å². The fraction of sp³-hybridized carbons (Fsp3) is 0. The molecule has 78 valence electrons. The molecule has 3 nitrogen and oxygen atoms in total. The molecule has 0 radical (unpaired) electrons. The number of pyridine rings is 1. The maximum absolute atomic E-state index is 8.73. The second-order valence-electron chi connectivity index (χ2n) is 3.17. The topological polar surface area (TPSA) is 48.7 Å². The van der Waals surface area contributed by atoms with E-state index in [0.717, 1.165) is 11.4 Å². The average Bonchev–Trinajstić information content (AvgIpc) is 2.31. The zero-order valence-electron chi connectivity index (χ0n) is 8.31. The first-order valence-corrected chi connectivity index (χ1v) is 5.04. The molecular formula is C12H8ClN3. The quantitative estimate of drug-likeness (QED) is 0.859. The maximum atomic E-state index is 8.73. The fourth-order valence-corrected chi connectivity index (χ4v) is 1.51. The van der Waals surface area contributed by atoms with Crippen molar-refractivity contribution in [2.45, 2.75) is 0 Å². The Labute approximate surface area is 98.3 Å². The average molecular weight is 230 g/mol. The van der Waals surface area contributed by atoms with Gasteiger partial charge in [-0.25, -0.2) is 0 Å². The Kier molecular flexibility index (Phi) is 3.04. The normalized spacial score (nSPS) is 9.50. The molecule has 0 bridgehead atoms. The Morgan fingerprint density at radius 3 is 2.75 bits per heavy atom. The monoisotopic (exact) mass is 229 g/mol. The number of nitrogens with one attached hydrogen (secondary N) is 1. The first-order chi connectivity index (χ1) is 7.79. The van der Waals surface area contributed by atoms with E-state index >= 15 is 0 Å². The standard InChI is InChI=1S/C12H8ClN3/c13-12-6-10(4-3-9(12)7-14)16-11-2-1-5-15-8-11/h1-6,8,16H. The molecule has 0 amide bonds. The summed E-state index contributed by atoms with van der Waals surface area (Å²) < 4.78 is 0. The van der Waals surface area contributed by atoms with Gasteiger partial charge in [0, 0.05) is 11.9 Å². The van der Waals surface area contributed by atoms with Crippen molar-refractivity contribution >= 4 is 23.0 Å². The van der Waals surface area contributed by atoms with Crippen molar-refractivity contribution < 1.29 is 0 Å². The molecule has 4 heteroatoms. The van der Waals surface area contributed by atoms with Gasteiger partial charge in [0.05, 0.1) is 22.5 Å². The number of hydrogen-bond acceptors (Lipinski definition) is 3. The molecule has 2 rings (SSSR count). The Morgan fingerprint density at radius 2 is 2.12 bits per heavy atom. The Balaban J connectivity index is 2.24. The second kappa shape index (κ2) is 4.65. The van der Waals surface area contributed by atoms with E-state index in [0.29, 0.717) is 10.6 Å². The summed E-state index contributed by atoms with van der Waals surface area (Å²) >= 11 is 5.92. The number of benzene rings is 1. The van der Waals surface area contributed by atoms with Gasteiger partial charge < -0.3 is 5.32 Å². The molecule has 0 fully saturated rings. The van der Waals surface area contributed by atoms with E-state index in [1.165, 1.54) is 0 Å². The van der Waals surface area contributed by atoms with Crippen LogP contribution in [0.2, 0.25) is 5.02 Å². The molecule has 0 saturated carbocycles. The minimum absolute atomic E-state index is 0.441. The van der Waals surface area contributed by atoms with Gasteiger partial charge in [-0.3, -0.25) is 4.98 Å². The highest BCUT2D eigenvalue weighted by Gasteiger charge is 2.00. The summed E-state index contributed by atoms with van der Waals surface area (Å²) in [6.07, 6.45) is 3.42. The molecule has 2 aromatic rings. The van der Waals surface area contributed by atoms with Crippen molar-refractivity contribution in [2.24, 2.45) is 0 Å². The largest absolute Gasteiger partial charge is 0.354 e. The minimum Gasteiger partial charge on any atom is -0.354 e. The van der Waals surface area contributed by atoms with Crippen LogP contribution in [-0.2, 0) is 0 Å². The van der Waals surface area contributed by atoms with Crippen LogP contribution >= 0.6 is 11.6 Å². The Morgan fingerprint density at radius 1 is 1.25 bits per heavy atom. The van der Waals surface area contributed by atoms with E-state index in [-0.39, 0.29) is 0 Å². The van der Waals surface area contributed by atoms with E-state index in [4.69, 9.17) is 16.9 Å². The lowest BCUT2D eigenvalue weighted by molar-refractivity contribution is 1.32. The van der Waals surface area contributed by atoms with E-state index in [1.807, 2.05) is 18.2 Å². The molecule has 0 spiro atoms. The molecule has 1 aromatic carbocycles. The number of nitriles is 1. The van der Waals surface area contributed by atoms with Crippen LogP contribution < -0.4 is 5.32 Å². The molecule has 1 N–H and O–H groups in total. The van der Waals surface area contributed by atoms with Crippen LogP contribution in [0.1, 0.15) is 5.56 Å². The summed E-state index contributed by atoms with van der Waals surface area (Å²) in [5, 5.41) is 12.3. The van der Waals surface area contributed by atoms with E-state index in [2.05, 4.69) is 10.3 Å². The first-order valence-electron chi connectivity index (χ1n) is 4.66. The lowest BCUT2D eigenvalue weighted by Gasteiger charge is -2.06. The molecule has 0 saturated heterocycles. The lowest BCUT2D eigenvalue weighted by Crippen LogP contribution is -1.91. The number of anilines is 2. The van der Waals surface area contributed by atoms with E-state index < -0.39 is 0 Å². The van der Waals surface area contributed by atoms with Crippen LogP contribution in [0, 0.1) is 11.3 Å². The highest BCUT2D eigenvalue weighted by molar-refractivity contribution is 6.32. The molecular weight excluding hydrogens is 222 g/mol. The fourth-order valence-electron chi connectivity index (χ4n) is 1.29. The molecule has 0 aliphatic heterocycles. The van der Waals surface area contributed by atoms with Crippen LogP contribution in [0.3, 0.4) is 0 Å². The predicted molar refractivity (Wildman–Crippen MR) is 63.7 cm³/mol. The summed E-state index contributed by atoms with van der Waals surface area (Å²) in [6, 6.07) is 11.0. The second-order valence-corrected chi connectivity index (χ2v) is 3.58. The van der Waals surface area contributed by atoms with Crippen molar-refractivity contribution in [3.05, 3.63) is 53.3 Å². The smallest absolute Gasteiger partial charge is 0.101 e. The number of hydrogen-bond donors (Lipinski definition) is 1. The van der Waals surface area contributed by atoms with Crippen molar-refractivity contribution in [3.8, 4) is 6.07 Å². The third-order valence-corrected chi connectivity index (χ3v) is 2.35. The molecule has 1 aromatic heterocycles. The van der Waals surface area contributed by atoms with Gasteiger partial charge in [0.1, 0.15) is 6.07 Å². The number of rotatable bonds is 2. The summed E-state index contributed by atoms with van der Waals surface area (Å²) in [5.74, 6) is 0. The SMILES string of the molecule is N#Cc1ccc(Nc2cccnc2)cc1Cl. The van der Waals surface area contributed by atoms with Crippen molar-refractivity contribution in [2.75, 3.05) is 5.32 Å². The molecule has 0 aliphatic rings. The lowest BCUT2D eigenvalue weighted by atomic mass is 10.2. The highest BCUT2D eigenvalue weighted by Crippen LogP contribution is 2.22. The summed E-state index contributed by atoms with van der Waals surface area (Å²) in [4.78, 5) is 3.99. The van der Waals surface area contributed by atoms with Crippen molar-refractivity contribution in [1.29, 1.82) is 5.26 Å². The maximum Gasteiger partial charge on any atom is 0.101 e. The summed E-state index contributed by atoms with van der Waals surface area (Å²) in [6.45, 7) is 0. The molecule has 0 aliphatic carbocycles. The van der Waals surface area contributed by atoms with Crippen LogP contribution in [0.25, 0.3) is 0 Å². The number of aromatic nitrogens is 1. The first kappa shape index (κ1) is 10.5. The highest BCUT2D eigenvalue weighted by atomic mass is 35.5. The molecule has 1 heterocycles. The zero-order chi connectivity index (χ0) is 11.4. The summed E-state index contributed by atoms with van der Waals surface area (Å²) in [5.41, 5.74) is 2.18. The van der Waals surface area contributed by atoms with Gasteiger partial charge in [0.2, 0.25) is 0 Å². The summed E-state index contributed by atoms with van der Waals surface area (Å²) in [7, 11) is 0. The zero-order valence-corrected chi connectivity index (χ0v) is 9.07. The van der Waals surface area contributed by atoms with E-state index in [1.54, 1.807) is 30.6 Å². The molecule has 16 heavy (non-hydrogen) atoms. The number of nitrogens with zero attached hydrogens (tertiary/aromatic N) is 2. The third kappa shape index (κ3) is 2.30. The van der Waals surface area contributed by atoms with Gasteiger partial charge >= 0.3 is 0 Å². The van der Waals surface area contributed by atoms with Gasteiger partial charge in [-0.15, -0.1) is 0 Å². The van der Waals surface area contributed by atoms with Crippen LogP contribution in [0.5, 0.6) is 0 Å². The Bertz CT molecular complexity index is 532. The van der Waals surface area contributed by atoms with Gasteiger partial charge in [-0.1, -0.05) is 11.6 Å². The minimum atomic E-state index is 0.441. The van der Waals surface area contributed by atoms with Gasteiger partial charge in [-0.05, 0) is 30.3 Å². The predicted octanol–water partition coefficient (Wildman–Crippen LogP) is 3.35. The van der Waals surface area contributed by atoms with Crippen LogP contribution in [0.15, 0.2) is 42.7 Å². The van der Waals surface area contributed by atoms with Crippen molar-refractivity contribution in [1.82, 2.24) is 4.98 Å². The molecule has 0 unspecified atom stereocenters. The van der Waals surface area contributed by atoms with E-state index in [9.17, 15) is 0 Å². The molecule has 0 atom stereocenters. The van der Waals surface area contributed by atoms with Crippen molar-refractivity contribution in [3.63, 3.8) is 0 Å².